The zero-order chi connectivity index (χ0) is 68.1. The number of aliphatic carboxylic acids is 2. The molecule has 0 aliphatic heterocycles. The molecule has 1 aliphatic carbocycles. The molecule has 0 atom stereocenters. The number of hydrogen-bond acceptors (Lipinski definition) is 8. The van der Waals surface area contributed by atoms with E-state index in [1.165, 1.54) is 34.4 Å². The molecule has 0 heterocycles. The van der Waals surface area contributed by atoms with Crippen LogP contribution in [0.25, 0.3) is 22.3 Å². The van der Waals surface area contributed by atoms with Crippen molar-refractivity contribution in [1.82, 2.24) is 15.1 Å². The summed E-state index contributed by atoms with van der Waals surface area (Å²) in [5, 5.41) is 38.7. The third kappa shape index (κ3) is 25.3. The Labute approximate surface area is 555 Å². The molecular formula is C80H103N5O8. The second-order valence-corrected chi connectivity index (χ2v) is 25.5. The molecule has 93 heavy (non-hydrogen) atoms. The van der Waals surface area contributed by atoms with E-state index in [4.69, 9.17) is 20.3 Å². The molecule has 0 bridgehead atoms. The fourth-order valence-electron chi connectivity index (χ4n) is 10.4. The standard InChI is InChI=1S/C39H45N3O4.C27H34N2O4.C12H18.C2H6/c1-5-42(38(45)41-26-29-17-20-34(21-18-29)39(2,3)4)36(40)16-10-14-28-13-9-15-31(23-28)32-19-22-35(33(24-32)25-37(43)44)46-27-30-11-7-6-8-12-30;1-3-26(30)29(4-2)25(28)10-6-8-19-7-5-9-21(15-19)22-13-14-24(33-18-20-11-12-20)23(16-22)17-27(31)32;1-5-10-6-8-11(9-7-10)12(2,3)4;1-2/h6-9,11-13,15,17-24,40H,5,10,14,16,25-27H2,1-4H3,(H,41,45)(H,43,44);5,7,9,13-16,20,28H,3-4,6,8,10-12,17-18H2,1-2H3,(H,31,32);6-9H,5H2,1-4H3;1-2H3. The summed E-state index contributed by atoms with van der Waals surface area (Å²) in [6.45, 7) is 27.4. The van der Waals surface area contributed by atoms with Gasteiger partial charge >= 0.3 is 18.0 Å². The minimum absolute atomic E-state index is 0.00813. The summed E-state index contributed by atoms with van der Waals surface area (Å²) in [4.78, 5) is 50.9. The Bertz CT molecular complexity index is 3510. The van der Waals surface area contributed by atoms with Crippen LogP contribution in [0.15, 0.2) is 164 Å². The van der Waals surface area contributed by atoms with Crippen molar-refractivity contribution in [2.45, 2.75) is 184 Å². The number of urea groups is 1. The fourth-order valence-corrected chi connectivity index (χ4v) is 10.4. The second-order valence-electron chi connectivity index (χ2n) is 25.5. The molecule has 13 nitrogen and oxygen atoms in total. The molecule has 5 N–H and O–H groups in total. The maximum absolute atomic E-state index is 12.9. The molecule has 7 aromatic carbocycles. The molecule has 1 aliphatic rings. The Balaban J connectivity index is 0.000000289. The zero-order valence-corrected chi connectivity index (χ0v) is 57.4. The molecule has 0 spiro atoms. The summed E-state index contributed by atoms with van der Waals surface area (Å²) in [7, 11) is 0. The number of amides is 3. The van der Waals surface area contributed by atoms with Crippen LogP contribution in [0.3, 0.4) is 0 Å². The predicted octanol–water partition coefficient (Wildman–Crippen LogP) is 18.3. The number of hydrogen-bond donors (Lipinski definition) is 5. The van der Waals surface area contributed by atoms with Crippen LogP contribution in [0.2, 0.25) is 0 Å². The maximum Gasteiger partial charge on any atom is 0.323 e. The van der Waals surface area contributed by atoms with E-state index in [9.17, 15) is 29.4 Å². The van der Waals surface area contributed by atoms with Crippen LogP contribution in [0.1, 0.15) is 178 Å². The second kappa shape index (κ2) is 37.6. The van der Waals surface area contributed by atoms with E-state index in [0.717, 1.165) is 76.6 Å². The van der Waals surface area contributed by atoms with Crippen molar-refractivity contribution in [3.05, 3.63) is 214 Å². The number of amidine groups is 2. The minimum atomic E-state index is -0.914. The van der Waals surface area contributed by atoms with Crippen molar-refractivity contribution in [1.29, 1.82) is 10.8 Å². The predicted molar refractivity (Wildman–Crippen MR) is 380 cm³/mol. The number of carboxylic acid groups (broad SMARTS) is 2. The van der Waals surface area contributed by atoms with Gasteiger partial charge in [-0.2, -0.15) is 0 Å². The number of benzene rings is 7. The molecule has 3 amide bonds. The Morgan fingerprint density at radius 2 is 0.957 bits per heavy atom. The van der Waals surface area contributed by atoms with Crippen molar-refractivity contribution >= 4 is 35.5 Å². The highest BCUT2D eigenvalue weighted by Gasteiger charge is 2.24. The topological polar surface area (TPSA) is 193 Å². The van der Waals surface area contributed by atoms with E-state index in [-0.39, 0.29) is 35.6 Å². The number of rotatable bonds is 26. The SMILES string of the molecule is CC.CCC(=O)N(CC)C(=N)CCCc1cccc(-c2ccc(OCC3CC3)c(CC(=O)O)c2)c1.CCN(C(=N)CCCc1cccc(-c2ccc(OCc3ccccc3)c(CC(=O)O)c2)c1)C(=O)NCc1ccc(C(C)(C)C)cc1.CCc1ccc(C(C)(C)C)cc1. The number of carbonyl (C=O) groups is 4. The van der Waals surface area contributed by atoms with Crippen LogP contribution in [-0.2, 0) is 70.5 Å². The summed E-state index contributed by atoms with van der Waals surface area (Å²) >= 11 is 0. The highest BCUT2D eigenvalue weighted by molar-refractivity contribution is 5.97. The van der Waals surface area contributed by atoms with Crippen LogP contribution >= 0.6 is 0 Å². The van der Waals surface area contributed by atoms with Gasteiger partial charge in [0.05, 0.1) is 19.4 Å². The van der Waals surface area contributed by atoms with Gasteiger partial charge in [-0.05, 0) is 161 Å². The highest BCUT2D eigenvalue weighted by Crippen LogP contribution is 2.34. The van der Waals surface area contributed by atoms with Gasteiger partial charge in [0.25, 0.3) is 0 Å². The lowest BCUT2D eigenvalue weighted by molar-refractivity contribution is -0.137. The van der Waals surface area contributed by atoms with Crippen molar-refractivity contribution in [3.8, 4) is 33.8 Å². The van der Waals surface area contributed by atoms with E-state index in [0.29, 0.717) is 92.3 Å². The number of nitrogens with zero attached hydrogens (tertiary/aromatic N) is 2. The van der Waals surface area contributed by atoms with Crippen LogP contribution in [0.4, 0.5) is 4.79 Å². The van der Waals surface area contributed by atoms with Crippen LogP contribution in [-0.4, -0.2) is 75.3 Å². The van der Waals surface area contributed by atoms with Gasteiger partial charge in [0, 0.05) is 50.0 Å². The van der Waals surface area contributed by atoms with E-state index in [1.54, 1.807) is 4.90 Å². The van der Waals surface area contributed by atoms with E-state index in [1.807, 2.05) is 138 Å². The first kappa shape index (κ1) is 74.9. The zero-order valence-electron chi connectivity index (χ0n) is 57.4. The summed E-state index contributed by atoms with van der Waals surface area (Å²) < 4.78 is 11.9. The average molecular weight is 1260 g/mol. The van der Waals surface area contributed by atoms with E-state index < -0.39 is 11.9 Å². The largest absolute Gasteiger partial charge is 0.493 e. The number of carbonyl (C=O) groups excluding carboxylic acids is 2. The Morgan fingerprint density at radius 1 is 0.516 bits per heavy atom. The van der Waals surface area contributed by atoms with Crippen molar-refractivity contribution in [2.24, 2.45) is 5.92 Å². The first-order valence-corrected chi connectivity index (χ1v) is 33.3. The highest BCUT2D eigenvalue weighted by atomic mass is 16.5. The van der Waals surface area contributed by atoms with Gasteiger partial charge in [-0.1, -0.05) is 209 Å². The van der Waals surface area contributed by atoms with Gasteiger partial charge in [0.15, 0.2) is 0 Å². The Kier molecular flexibility index (Phi) is 30.3. The summed E-state index contributed by atoms with van der Waals surface area (Å²) in [5.41, 5.74) is 13.9. The number of nitrogens with one attached hydrogen (secondary N) is 3. The van der Waals surface area contributed by atoms with E-state index in [2.05, 4.69) is 114 Å². The molecule has 7 aromatic rings. The van der Waals surface area contributed by atoms with Crippen LogP contribution in [0, 0.1) is 16.7 Å². The lowest BCUT2D eigenvalue weighted by Gasteiger charge is -2.22. The van der Waals surface area contributed by atoms with Gasteiger partial charge in [-0.25, -0.2) is 4.79 Å². The lowest BCUT2D eigenvalue weighted by atomic mass is 9.86. The quantitative estimate of drug-likeness (QED) is 0.0261. The monoisotopic (exact) mass is 1260 g/mol. The average Bonchev–Trinajstić information content (AvgIpc) is 1.26. The molecule has 0 unspecified atom stereocenters. The third-order valence-corrected chi connectivity index (χ3v) is 16.1. The number of aryl methyl sites for hydroxylation is 3. The summed E-state index contributed by atoms with van der Waals surface area (Å²) in [6.07, 6.45) is 7.79. The normalized spacial score (nSPS) is 11.7. The lowest BCUT2D eigenvalue weighted by Crippen LogP contribution is -2.43. The Hall–Kier alpha value is -8.84. The Morgan fingerprint density at radius 3 is 1.39 bits per heavy atom. The van der Waals surface area contributed by atoms with Crippen LogP contribution < -0.4 is 14.8 Å². The summed E-state index contributed by atoms with van der Waals surface area (Å²) in [5.74, 6) is 0.697. The molecule has 1 fully saturated rings. The maximum atomic E-state index is 12.9. The molecular weight excluding hydrogens is 1160 g/mol. The third-order valence-electron chi connectivity index (χ3n) is 16.1. The van der Waals surface area contributed by atoms with Gasteiger partial charge in [-0.3, -0.25) is 30.1 Å². The van der Waals surface area contributed by atoms with Gasteiger partial charge in [0.1, 0.15) is 29.8 Å². The summed E-state index contributed by atoms with van der Waals surface area (Å²) in [6, 6.07) is 54.5. The van der Waals surface area contributed by atoms with E-state index >= 15 is 0 Å². The van der Waals surface area contributed by atoms with Crippen molar-refractivity contribution in [2.75, 3.05) is 19.7 Å². The minimum Gasteiger partial charge on any atom is -0.493 e. The molecule has 8 rings (SSSR count). The first-order valence-electron chi connectivity index (χ1n) is 33.3. The molecule has 13 heteroatoms. The molecule has 496 valence electrons. The van der Waals surface area contributed by atoms with Gasteiger partial charge in [-0.15, -0.1) is 0 Å². The molecule has 0 aromatic heterocycles. The molecule has 0 radical (unpaired) electrons. The van der Waals surface area contributed by atoms with Gasteiger partial charge in [0.2, 0.25) is 5.91 Å². The smallest absolute Gasteiger partial charge is 0.323 e. The number of ether oxygens (including phenoxy) is 2. The van der Waals surface area contributed by atoms with Gasteiger partial charge < -0.3 is 29.9 Å². The first-order chi connectivity index (χ1) is 44.5. The van der Waals surface area contributed by atoms with Crippen LogP contribution in [0.5, 0.6) is 11.5 Å². The van der Waals surface area contributed by atoms with Crippen molar-refractivity contribution < 1.29 is 38.9 Å². The number of carboxylic acids is 2. The fraction of sp³-hybridized carbons (Fsp3) is 0.400. The molecule has 0 saturated heterocycles. The molecule has 1 saturated carbocycles. The van der Waals surface area contributed by atoms with Crippen molar-refractivity contribution in [3.63, 3.8) is 0 Å².